The van der Waals surface area contributed by atoms with Crippen LogP contribution >= 0.6 is 7.82 Å². The fourth-order valence-electron chi connectivity index (χ4n) is 7.68. The molecule has 3 unspecified atom stereocenters. The topological polar surface area (TPSA) is 114 Å². The molecule has 0 aromatic rings. The van der Waals surface area contributed by atoms with Gasteiger partial charge in [0.25, 0.3) is 7.82 Å². The Hall–Kier alpha value is -3.33. The third-order valence-corrected chi connectivity index (χ3v) is 13.2. The van der Waals surface area contributed by atoms with Crippen LogP contribution in [0.5, 0.6) is 0 Å². The lowest BCUT2D eigenvalue weighted by molar-refractivity contribution is -0.870. The Kier molecular flexibility index (Phi) is 49.7. The summed E-state index contributed by atoms with van der Waals surface area (Å²) >= 11 is 0. The zero-order valence-electron chi connectivity index (χ0n) is 47.5. The van der Waals surface area contributed by atoms with Crippen LogP contribution in [-0.2, 0) is 27.9 Å². The van der Waals surface area contributed by atoms with E-state index < -0.39 is 32.5 Å². The fourth-order valence-corrected chi connectivity index (χ4v) is 8.40. The number of allylic oxidation sites excluding steroid dienone is 17. The summed E-state index contributed by atoms with van der Waals surface area (Å²) < 4.78 is 30.2. The number of quaternary nitrogens is 1. The molecule has 1 N–H and O–H groups in total. The second kappa shape index (κ2) is 52.1. The van der Waals surface area contributed by atoms with E-state index in [0.717, 1.165) is 109 Å². The van der Waals surface area contributed by atoms with E-state index in [1.165, 1.54) is 70.6 Å². The van der Waals surface area contributed by atoms with Gasteiger partial charge in [-0.1, -0.05) is 214 Å². The number of nitrogens with zero attached hydrogens (tertiary/aromatic N) is 1. The standard InChI is InChI=1S/C63H109N2O7P/c1-7-10-13-16-19-22-25-27-29-31-32-34-35-37-40-43-46-49-52-55-62(66)64-60(59-71-73(68,69)70-58-57-65(4,5)6)61(54-51-48-45-42-39-24-21-18-15-12-9-3)72-63(67)56-53-50-47-44-41-38-36-33-30-28-26-23-20-17-14-11-8-2/h11,14,19-20,22-23,27-30,32,34,36,38,44,47,51,54,60-61H,7-10,12-13,15-18,21,24-26,31,33,35,37,39-43,45-46,48-50,52-53,55-59H2,1-6H3,(H-,64,66,68,69)/b14-11-,22-19-,23-20-,29-27-,30-28-,34-32-,38-36-,47-44-,54-51+. The van der Waals surface area contributed by atoms with Gasteiger partial charge >= 0.3 is 5.97 Å². The molecule has 3 atom stereocenters. The molecule has 10 heteroatoms. The van der Waals surface area contributed by atoms with E-state index in [1.54, 1.807) is 6.08 Å². The molecule has 0 fully saturated rings. The lowest BCUT2D eigenvalue weighted by Crippen LogP contribution is -2.47. The smallest absolute Gasteiger partial charge is 0.306 e. The summed E-state index contributed by atoms with van der Waals surface area (Å²) in [4.78, 5) is 39.9. The van der Waals surface area contributed by atoms with Crippen LogP contribution in [0, 0.1) is 0 Å². The van der Waals surface area contributed by atoms with Crippen molar-refractivity contribution in [1.29, 1.82) is 0 Å². The molecule has 0 rings (SSSR count). The average Bonchev–Trinajstić information content (AvgIpc) is 3.35. The monoisotopic (exact) mass is 1040 g/mol. The van der Waals surface area contributed by atoms with E-state index in [-0.39, 0.29) is 25.4 Å². The van der Waals surface area contributed by atoms with Crippen LogP contribution in [0.25, 0.3) is 0 Å². The first-order chi connectivity index (χ1) is 35.4. The highest BCUT2D eigenvalue weighted by Crippen LogP contribution is 2.38. The number of hydrogen-bond acceptors (Lipinski definition) is 7. The molecule has 0 saturated heterocycles. The molecule has 418 valence electrons. The molecule has 1 amide bonds. The molecular weight excluding hydrogens is 928 g/mol. The average molecular weight is 1040 g/mol. The molecule has 0 spiro atoms. The van der Waals surface area contributed by atoms with Crippen LogP contribution < -0.4 is 10.2 Å². The molecule has 0 aliphatic carbocycles. The first kappa shape index (κ1) is 69.7. The zero-order valence-corrected chi connectivity index (χ0v) is 48.4. The maximum absolute atomic E-state index is 13.5. The van der Waals surface area contributed by atoms with E-state index in [1.807, 2.05) is 27.2 Å². The fraction of sp³-hybridized carbons (Fsp3) is 0.683. The van der Waals surface area contributed by atoms with E-state index in [4.69, 9.17) is 13.8 Å². The van der Waals surface area contributed by atoms with Gasteiger partial charge in [-0.3, -0.25) is 14.2 Å². The number of nitrogens with one attached hydrogen (secondary N) is 1. The van der Waals surface area contributed by atoms with Crippen molar-refractivity contribution in [2.75, 3.05) is 40.9 Å². The van der Waals surface area contributed by atoms with Gasteiger partial charge in [0.15, 0.2) is 0 Å². The third-order valence-electron chi connectivity index (χ3n) is 12.2. The largest absolute Gasteiger partial charge is 0.756 e. The van der Waals surface area contributed by atoms with Gasteiger partial charge in [-0.25, -0.2) is 0 Å². The lowest BCUT2D eigenvalue weighted by atomic mass is 10.1. The number of carbonyl (C=O) groups is 2. The Morgan fingerprint density at radius 3 is 1.37 bits per heavy atom. The Balaban J connectivity index is 5.41. The van der Waals surface area contributed by atoms with Gasteiger partial charge in [0.2, 0.25) is 5.91 Å². The van der Waals surface area contributed by atoms with Crippen LogP contribution in [0.4, 0.5) is 0 Å². The van der Waals surface area contributed by atoms with Crippen molar-refractivity contribution < 1.29 is 37.3 Å². The molecule has 0 heterocycles. The van der Waals surface area contributed by atoms with Crippen molar-refractivity contribution in [3.05, 3.63) is 109 Å². The summed E-state index contributed by atoms with van der Waals surface area (Å²) in [6, 6.07) is -0.924. The highest BCUT2D eigenvalue weighted by molar-refractivity contribution is 7.45. The molecule has 0 aliphatic rings. The number of likely N-dealkylation sites (N-methyl/N-ethyl adjacent to an activating group) is 1. The molecule has 0 aromatic heterocycles. The van der Waals surface area contributed by atoms with Gasteiger partial charge in [-0.2, -0.15) is 0 Å². The van der Waals surface area contributed by atoms with E-state index >= 15 is 0 Å². The third kappa shape index (κ3) is 53.3. The molecule has 0 bridgehead atoms. The number of rotatable bonds is 51. The summed E-state index contributed by atoms with van der Waals surface area (Å²) in [5, 5.41) is 3.00. The number of carbonyl (C=O) groups excluding carboxylic acids is 2. The Bertz CT molecular complexity index is 1620. The Morgan fingerprint density at radius 1 is 0.493 bits per heavy atom. The molecule has 0 aliphatic heterocycles. The molecular formula is C63H109N2O7P. The van der Waals surface area contributed by atoms with Crippen molar-refractivity contribution in [2.45, 2.75) is 238 Å². The summed E-state index contributed by atoms with van der Waals surface area (Å²) in [7, 11) is 1.13. The van der Waals surface area contributed by atoms with Gasteiger partial charge in [0, 0.05) is 12.8 Å². The van der Waals surface area contributed by atoms with Crippen LogP contribution in [-0.4, -0.2) is 69.4 Å². The van der Waals surface area contributed by atoms with Gasteiger partial charge in [0.05, 0.1) is 33.8 Å². The normalized spacial score (nSPS) is 14.6. The minimum Gasteiger partial charge on any atom is -0.756 e. The molecule has 0 saturated carbocycles. The number of phosphoric ester groups is 1. The minimum atomic E-state index is -4.72. The molecule has 73 heavy (non-hydrogen) atoms. The van der Waals surface area contributed by atoms with Crippen molar-refractivity contribution in [3.8, 4) is 0 Å². The highest BCUT2D eigenvalue weighted by atomic mass is 31.2. The summed E-state index contributed by atoms with van der Waals surface area (Å²) in [6.45, 7) is 6.62. The van der Waals surface area contributed by atoms with Crippen LogP contribution in [0.15, 0.2) is 109 Å². The molecule has 0 radical (unpaired) electrons. The van der Waals surface area contributed by atoms with Crippen LogP contribution in [0.2, 0.25) is 0 Å². The van der Waals surface area contributed by atoms with E-state index in [0.29, 0.717) is 23.9 Å². The predicted octanol–water partition coefficient (Wildman–Crippen LogP) is 17.1. The van der Waals surface area contributed by atoms with Crippen molar-refractivity contribution in [1.82, 2.24) is 5.32 Å². The SMILES string of the molecule is CC/C=C\C/C=C\C/C=C\C/C=C\C/C=C\CCCC(=O)OC(/C=C/CCCCCCCCCCC)C(COP(=O)([O-])OCC[N+](C)(C)C)NC(=O)CCCCCCCC/C=C\C/C=C\C/C=C\CCCCC. The number of amides is 1. The van der Waals surface area contributed by atoms with Gasteiger partial charge < -0.3 is 28.5 Å². The van der Waals surface area contributed by atoms with Gasteiger partial charge in [-0.05, 0) is 109 Å². The quantitative estimate of drug-likeness (QED) is 0.0212. The highest BCUT2D eigenvalue weighted by Gasteiger charge is 2.27. The predicted molar refractivity (Wildman–Crippen MR) is 311 cm³/mol. The van der Waals surface area contributed by atoms with E-state index in [9.17, 15) is 19.0 Å². The van der Waals surface area contributed by atoms with Gasteiger partial charge in [-0.15, -0.1) is 0 Å². The van der Waals surface area contributed by atoms with Crippen molar-refractivity contribution in [2.24, 2.45) is 0 Å². The summed E-state index contributed by atoms with van der Waals surface area (Å²) in [5.74, 6) is -0.633. The molecule has 9 nitrogen and oxygen atoms in total. The lowest BCUT2D eigenvalue weighted by Gasteiger charge is -2.30. The first-order valence-corrected chi connectivity index (χ1v) is 30.7. The van der Waals surface area contributed by atoms with Crippen molar-refractivity contribution in [3.63, 3.8) is 0 Å². The summed E-state index contributed by atoms with van der Waals surface area (Å²) in [5.41, 5.74) is 0. The zero-order chi connectivity index (χ0) is 53.6. The number of hydrogen-bond donors (Lipinski definition) is 1. The second-order valence-corrected chi connectivity index (χ2v) is 21.8. The second-order valence-electron chi connectivity index (χ2n) is 20.4. The molecule has 0 aromatic carbocycles. The first-order valence-electron chi connectivity index (χ1n) is 29.2. The van der Waals surface area contributed by atoms with Crippen LogP contribution in [0.3, 0.4) is 0 Å². The van der Waals surface area contributed by atoms with Crippen molar-refractivity contribution >= 4 is 19.7 Å². The van der Waals surface area contributed by atoms with Gasteiger partial charge in [0.1, 0.15) is 19.3 Å². The maximum Gasteiger partial charge on any atom is 0.306 e. The maximum atomic E-state index is 13.5. The number of ether oxygens (including phenoxy) is 1. The van der Waals surface area contributed by atoms with Crippen LogP contribution in [0.1, 0.15) is 226 Å². The number of esters is 1. The number of phosphoric acid groups is 1. The minimum absolute atomic E-state index is 0.0396. The summed E-state index contributed by atoms with van der Waals surface area (Å²) in [6.07, 6.45) is 70.6. The Morgan fingerprint density at radius 2 is 0.890 bits per heavy atom. The number of unbranched alkanes of at least 4 members (excludes halogenated alkanes) is 19. The Labute approximate surface area is 449 Å². The van der Waals surface area contributed by atoms with E-state index in [2.05, 4.69) is 123 Å².